The van der Waals surface area contributed by atoms with Crippen LogP contribution in [0.1, 0.15) is 35.6 Å². The van der Waals surface area contributed by atoms with E-state index < -0.39 is 9.84 Å². The predicted molar refractivity (Wildman–Crippen MR) is 67.9 cm³/mol. The molecule has 1 aliphatic carbocycles. The van der Waals surface area contributed by atoms with Gasteiger partial charge in [-0.3, -0.25) is 0 Å². The molecule has 6 heteroatoms. The summed E-state index contributed by atoms with van der Waals surface area (Å²) < 4.78 is 23.3. The molecule has 2 aliphatic rings. The van der Waals surface area contributed by atoms with Crippen LogP contribution in [0.4, 0.5) is 0 Å². The second-order valence-corrected chi connectivity index (χ2v) is 7.67. The van der Waals surface area contributed by atoms with E-state index in [1.54, 1.807) is 0 Å². The van der Waals surface area contributed by atoms with Gasteiger partial charge in [0.2, 0.25) is 0 Å². The number of sulfone groups is 1. The first-order valence-corrected chi connectivity index (χ1v) is 8.08. The van der Waals surface area contributed by atoms with Crippen molar-refractivity contribution in [3.05, 3.63) is 22.8 Å². The molecular formula is C12H17N3O2S. The van der Waals surface area contributed by atoms with E-state index in [1.807, 2.05) is 6.92 Å². The number of rotatable bonds is 1. The Balaban J connectivity index is 2.05. The number of aromatic nitrogens is 2. The summed E-state index contributed by atoms with van der Waals surface area (Å²) in [6.45, 7) is 1.92. The van der Waals surface area contributed by atoms with Gasteiger partial charge in [-0.25, -0.2) is 18.4 Å². The van der Waals surface area contributed by atoms with Gasteiger partial charge in [0.1, 0.15) is 5.82 Å². The number of nitrogens with two attached hydrogens (primary N) is 1. The van der Waals surface area contributed by atoms with Crippen LogP contribution in [0.3, 0.4) is 0 Å². The Morgan fingerprint density at radius 1 is 1.17 bits per heavy atom. The summed E-state index contributed by atoms with van der Waals surface area (Å²) >= 11 is 0. The maximum absolute atomic E-state index is 11.7. The Morgan fingerprint density at radius 3 is 2.50 bits per heavy atom. The van der Waals surface area contributed by atoms with Crippen molar-refractivity contribution in [2.75, 3.05) is 11.5 Å². The van der Waals surface area contributed by atoms with Gasteiger partial charge in [-0.2, -0.15) is 0 Å². The van der Waals surface area contributed by atoms with Crippen LogP contribution in [0.15, 0.2) is 0 Å². The minimum absolute atomic E-state index is 0.188. The highest BCUT2D eigenvalue weighted by Crippen LogP contribution is 2.41. The van der Waals surface area contributed by atoms with E-state index in [9.17, 15) is 8.42 Å². The molecule has 0 atom stereocenters. The molecule has 98 valence electrons. The van der Waals surface area contributed by atoms with Crippen molar-refractivity contribution in [2.24, 2.45) is 5.73 Å². The van der Waals surface area contributed by atoms with Crippen molar-refractivity contribution in [1.29, 1.82) is 0 Å². The summed E-state index contributed by atoms with van der Waals surface area (Å²) in [5.74, 6) is 1.09. The van der Waals surface area contributed by atoms with Crippen LogP contribution >= 0.6 is 0 Å². The van der Waals surface area contributed by atoms with Gasteiger partial charge in [0, 0.05) is 17.8 Å². The lowest BCUT2D eigenvalue weighted by Crippen LogP contribution is -2.24. The van der Waals surface area contributed by atoms with E-state index in [4.69, 9.17) is 5.73 Å². The lowest BCUT2D eigenvalue weighted by atomic mass is 10.1. The molecule has 1 aromatic heterocycles. The first-order chi connectivity index (χ1) is 8.40. The molecule has 1 aliphatic heterocycles. The monoisotopic (exact) mass is 267 g/mol. The standard InChI is InChI=1S/C12H17N3O2S/c1-8-9-2-6-18(16,17)7-3-10(9)15-11(14-8)12(13)4-5-12/h2-7,13H2,1H3. The highest BCUT2D eigenvalue weighted by Gasteiger charge is 2.43. The molecule has 0 radical (unpaired) electrons. The maximum Gasteiger partial charge on any atom is 0.151 e. The normalized spacial score (nSPS) is 24.1. The highest BCUT2D eigenvalue weighted by atomic mass is 32.2. The van der Waals surface area contributed by atoms with Crippen molar-refractivity contribution in [2.45, 2.75) is 38.1 Å². The molecule has 0 saturated heterocycles. The van der Waals surface area contributed by atoms with Crippen molar-refractivity contribution in [3.63, 3.8) is 0 Å². The van der Waals surface area contributed by atoms with Crippen LogP contribution in [0.25, 0.3) is 0 Å². The van der Waals surface area contributed by atoms with E-state index in [2.05, 4.69) is 9.97 Å². The van der Waals surface area contributed by atoms with E-state index in [0.717, 1.165) is 29.8 Å². The third-order valence-electron chi connectivity index (χ3n) is 3.85. The molecule has 0 spiro atoms. The van der Waals surface area contributed by atoms with Gasteiger partial charge in [0.25, 0.3) is 0 Å². The van der Waals surface area contributed by atoms with Gasteiger partial charge in [0.05, 0.1) is 17.0 Å². The highest BCUT2D eigenvalue weighted by molar-refractivity contribution is 7.91. The lowest BCUT2D eigenvalue weighted by molar-refractivity contribution is 0.596. The summed E-state index contributed by atoms with van der Waals surface area (Å²) in [6, 6.07) is 0. The average molecular weight is 267 g/mol. The molecule has 3 rings (SSSR count). The molecule has 2 N–H and O–H groups in total. The molecule has 1 aromatic rings. The van der Waals surface area contributed by atoms with Crippen LogP contribution in [-0.2, 0) is 28.2 Å². The quantitative estimate of drug-likeness (QED) is 0.788. The molecule has 2 heterocycles. The van der Waals surface area contributed by atoms with Crippen molar-refractivity contribution in [1.82, 2.24) is 9.97 Å². The zero-order chi connectivity index (χ0) is 13.0. The average Bonchev–Trinajstić information content (AvgIpc) is 3.05. The van der Waals surface area contributed by atoms with Crippen LogP contribution in [0.5, 0.6) is 0 Å². The Labute approximate surface area is 107 Å². The molecule has 0 bridgehead atoms. The fraction of sp³-hybridized carbons (Fsp3) is 0.667. The summed E-state index contributed by atoms with van der Waals surface area (Å²) in [5, 5.41) is 0. The smallest absolute Gasteiger partial charge is 0.151 e. The van der Waals surface area contributed by atoms with E-state index in [1.165, 1.54) is 0 Å². The van der Waals surface area contributed by atoms with E-state index in [0.29, 0.717) is 18.7 Å². The Morgan fingerprint density at radius 2 is 1.83 bits per heavy atom. The van der Waals surface area contributed by atoms with Gasteiger partial charge in [-0.05, 0) is 31.7 Å². The molecule has 1 saturated carbocycles. The topological polar surface area (TPSA) is 85.9 Å². The molecule has 5 nitrogen and oxygen atoms in total. The van der Waals surface area contributed by atoms with Crippen molar-refractivity contribution < 1.29 is 8.42 Å². The Kier molecular flexibility index (Phi) is 2.50. The minimum atomic E-state index is -2.94. The third-order valence-corrected chi connectivity index (χ3v) is 5.50. The summed E-state index contributed by atoms with van der Waals surface area (Å²) in [6.07, 6.45) is 2.86. The number of hydrogen-bond donors (Lipinski definition) is 1. The van der Waals surface area contributed by atoms with Gasteiger partial charge >= 0.3 is 0 Å². The third kappa shape index (κ3) is 2.03. The maximum atomic E-state index is 11.7. The van der Waals surface area contributed by atoms with Gasteiger partial charge in [-0.15, -0.1) is 0 Å². The summed E-state index contributed by atoms with van der Waals surface area (Å²) in [4.78, 5) is 9.01. The summed E-state index contributed by atoms with van der Waals surface area (Å²) in [5.41, 5.74) is 8.54. The zero-order valence-corrected chi connectivity index (χ0v) is 11.3. The predicted octanol–water partition coefficient (Wildman–Crippen LogP) is 0.246. The van der Waals surface area contributed by atoms with E-state index in [-0.39, 0.29) is 17.0 Å². The van der Waals surface area contributed by atoms with Crippen molar-refractivity contribution >= 4 is 9.84 Å². The fourth-order valence-electron chi connectivity index (χ4n) is 2.38. The zero-order valence-electron chi connectivity index (χ0n) is 10.4. The Hall–Kier alpha value is -1.01. The second-order valence-electron chi connectivity index (χ2n) is 5.37. The van der Waals surface area contributed by atoms with Gasteiger partial charge < -0.3 is 5.73 Å². The first kappa shape index (κ1) is 12.0. The van der Waals surface area contributed by atoms with Gasteiger partial charge in [0.15, 0.2) is 9.84 Å². The fourth-order valence-corrected chi connectivity index (χ4v) is 3.60. The molecule has 1 fully saturated rings. The largest absolute Gasteiger partial charge is 0.319 e. The number of nitrogens with zero attached hydrogens (tertiary/aromatic N) is 2. The number of fused-ring (bicyclic) bond motifs is 1. The van der Waals surface area contributed by atoms with Crippen LogP contribution in [0.2, 0.25) is 0 Å². The SMILES string of the molecule is Cc1nc(C2(N)CC2)nc2c1CCS(=O)(=O)CC2. The molecule has 0 aromatic carbocycles. The second kappa shape index (κ2) is 3.74. The molecule has 0 unspecified atom stereocenters. The Bertz CT molecular complexity index is 606. The molecule has 0 amide bonds. The summed E-state index contributed by atoms with van der Waals surface area (Å²) in [7, 11) is -2.94. The number of hydrogen-bond acceptors (Lipinski definition) is 5. The minimum Gasteiger partial charge on any atom is -0.319 e. The van der Waals surface area contributed by atoms with E-state index >= 15 is 0 Å². The lowest BCUT2D eigenvalue weighted by Gasteiger charge is -2.13. The molecule has 18 heavy (non-hydrogen) atoms. The van der Waals surface area contributed by atoms with Crippen molar-refractivity contribution in [3.8, 4) is 0 Å². The van der Waals surface area contributed by atoms with Crippen LogP contribution in [-0.4, -0.2) is 29.9 Å². The molecular weight excluding hydrogens is 250 g/mol. The van der Waals surface area contributed by atoms with Gasteiger partial charge in [-0.1, -0.05) is 0 Å². The van der Waals surface area contributed by atoms with Crippen LogP contribution in [0, 0.1) is 6.92 Å². The number of aryl methyl sites for hydroxylation is 2. The van der Waals surface area contributed by atoms with Crippen LogP contribution < -0.4 is 5.73 Å². The first-order valence-electron chi connectivity index (χ1n) is 6.26.